The van der Waals surface area contributed by atoms with E-state index in [0.717, 1.165) is 38.5 Å². The highest BCUT2D eigenvalue weighted by Crippen LogP contribution is 2.13. The van der Waals surface area contributed by atoms with Crippen molar-refractivity contribution in [2.24, 2.45) is 5.92 Å². The monoisotopic (exact) mass is 400 g/mol. The van der Waals surface area contributed by atoms with Crippen molar-refractivity contribution in [3.8, 4) is 0 Å². The maximum atomic E-state index is 11.8. The second-order valence-corrected chi connectivity index (χ2v) is 7.42. The van der Waals surface area contributed by atoms with E-state index in [1.54, 1.807) is 0 Å². The van der Waals surface area contributed by atoms with Crippen molar-refractivity contribution in [2.75, 3.05) is 13.2 Å². The molecule has 0 bridgehead atoms. The van der Waals surface area contributed by atoms with Crippen molar-refractivity contribution < 1.29 is 29.0 Å². The van der Waals surface area contributed by atoms with Crippen LogP contribution in [0.2, 0.25) is 0 Å². The number of ether oxygens (including phenoxy) is 2. The normalized spacial score (nSPS) is 10.8. The number of esters is 2. The van der Waals surface area contributed by atoms with Crippen LogP contribution in [0.4, 0.5) is 0 Å². The van der Waals surface area contributed by atoms with Gasteiger partial charge < -0.3 is 14.6 Å². The molecular formula is C22H40O6. The summed E-state index contributed by atoms with van der Waals surface area (Å²) < 4.78 is 10.2. The zero-order chi connectivity index (χ0) is 21.0. The van der Waals surface area contributed by atoms with E-state index in [-0.39, 0.29) is 12.8 Å². The predicted octanol–water partition coefficient (Wildman–Crippen LogP) is 5.27. The number of carbonyl (C=O) groups is 3. The van der Waals surface area contributed by atoms with Gasteiger partial charge in [0.1, 0.15) is 0 Å². The third-order valence-corrected chi connectivity index (χ3v) is 4.70. The number of unbranched alkanes of at least 4 members (excludes halogenated alkanes) is 10. The van der Waals surface area contributed by atoms with Gasteiger partial charge in [0.05, 0.1) is 32.0 Å². The summed E-state index contributed by atoms with van der Waals surface area (Å²) in [6.07, 6.45) is 12.4. The van der Waals surface area contributed by atoms with E-state index in [1.165, 1.54) is 38.5 Å². The average Bonchev–Trinajstić information content (AvgIpc) is 2.66. The van der Waals surface area contributed by atoms with Gasteiger partial charge in [0.25, 0.3) is 0 Å². The van der Waals surface area contributed by atoms with Crippen LogP contribution in [0.1, 0.15) is 104 Å². The van der Waals surface area contributed by atoms with E-state index in [9.17, 15) is 19.5 Å². The van der Waals surface area contributed by atoms with E-state index < -0.39 is 23.8 Å². The van der Waals surface area contributed by atoms with E-state index >= 15 is 0 Å². The number of carbonyl (C=O) groups excluding carboxylic acids is 2. The van der Waals surface area contributed by atoms with E-state index in [4.69, 9.17) is 9.47 Å². The first-order chi connectivity index (χ1) is 13.5. The first-order valence-corrected chi connectivity index (χ1v) is 11.0. The Labute approximate surface area is 170 Å². The van der Waals surface area contributed by atoms with Gasteiger partial charge in [-0.2, -0.15) is 0 Å². The molecule has 0 amide bonds. The van der Waals surface area contributed by atoms with E-state index in [0.29, 0.717) is 13.2 Å². The maximum absolute atomic E-state index is 11.8. The van der Waals surface area contributed by atoms with Crippen molar-refractivity contribution in [1.29, 1.82) is 0 Å². The summed E-state index contributed by atoms with van der Waals surface area (Å²) in [6.45, 7) is 4.93. The predicted molar refractivity (Wildman–Crippen MR) is 109 cm³/mol. The van der Waals surface area contributed by atoms with Crippen LogP contribution >= 0.6 is 0 Å². The quantitative estimate of drug-likeness (QED) is 0.234. The van der Waals surface area contributed by atoms with Crippen molar-refractivity contribution >= 4 is 17.9 Å². The van der Waals surface area contributed by atoms with Crippen molar-refractivity contribution in [3.05, 3.63) is 0 Å². The van der Waals surface area contributed by atoms with Crippen LogP contribution in [0.15, 0.2) is 0 Å². The average molecular weight is 401 g/mol. The molecule has 0 spiro atoms. The minimum absolute atomic E-state index is 0.294. The number of hydrogen-bond acceptors (Lipinski definition) is 5. The molecule has 0 aliphatic rings. The summed E-state index contributed by atoms with van der Waals surface area (Å²) in [7, 11) is 0. The molecule has 0 atom stereocenters. The summed E-state index contributed by atoms with van der Waals surface area (Å²) in [5, 5.41) is 9.24. The summed E-state index contributed by atoms with van der Waals surface area (Å²) >= 11 is 0. The zero-order valence-corrected chi connectivity index (χ0v) is 17.9. The van der Waals surface area contributed by atoms with E-state index in [2.05, 4.69) is 13.8 Å². The van der Waals surface area contributed by atoms with Crippen molar-refractivity contribution in [1.82, 2.24) is 0 Å². The van der Waals surface area contributed by atoms with Crippen molar-refractivity contribution in [2.45, 2.75) is 104 Å². The number of aliphatic carboxylic acids is 1. The molecule has 0 aromatic heterocycles. The van der Waals surface area contributed by atoms with Gasteiger partial charge in [0, 0.05) is 0 Å². The van der Waals surface area contributed by atoms with Gasteiger partial charge in [-0.1, -0.05) is 78.1 Å². The molecule has 0 unspecified atom stereocenters. The van der Waals surface area contributed by atoms with Gasteiger partial charge in [-0.25, -0.2) is 0 Å². The van der Waals surface area contributed by atoms with Gasteiger partial charge in [-0.15, -0.1) is 0 Å². The molecule has 0 rings (SSSR count). The summed E-state index contributed by atoms with van der Waals surface area (Å²) in [5.74, 6) is -3.39. The van der Waals surface area contributed by atoms with Crippen LogP contribution in [-0.2, 0) is 23.9 Å². The van der Waals surface area contributed by atoms with Crippen LogP contribution < -0.4 is 0 Å². The molecule has 6 nitrogen and oxygen atoms in total. The lowest BCUT2D eigenvalue weighted by Crippen LogP contribution is -2.23. The molecule has 0 radical (unpaired) electrons. The highest BCUT2D eigenvalue weighted by Gasteiger charge is 2.25. The van der Waals surface area contributed by atoms with Gasteiger partial charge >= 0.3 is 17.9 Å². The summed E-state index contributed by atoms with van der Waals surface area (Å²) in [6, 6.07) is 0. The van der Waals surface area contributed by atoms with Gasteiger partial charge in [-0.3, -0.25) is 14.4 Å². The molecule has 28 heavy (non-hydrogen) atoms. The topological polar surface area (TPSA) is 89.9 Å². The fraction of sp³-hybridized carbons (Fsp3) is 0.864. The Balaban J connectivity index is 3.89. The Bertz CT molecular complexity index is 389. The standard InChI is InChI=1S/C22H40O6/c1-3-5-7-9-11-13-15-27-20(23)17-19(22(25)26)18-21(24)28-16-14-12-10-8-6-4-2/h19H,3-18H2,1-2H3,(H,25,26). The molecule has 0 aliphatic carbocycles. The van der Waals surface area contributed by atoms with Crippen LogP contribution in [0.3, 0.4) is 0 Å². The van der Waals surface area contributed by atoms with E-state index in [1.807, 2.05) is 0 Å². The third-order valence-electron chi connectivity index (χ3n) is 4.70. The van der Waals surface area contributed by atoms with Gasteiger partial charge in [0.15, 0.2) is 0 Å². The van der Waals surface area contributed by atoms with Gasteiger partial charge in [0.2, 0.25) is 0 Å². The van der Waals surface area contributed by atoms with Crippen LogP contribution in [0.25, 0.3) is 0 Å². The number of carboxylic acid groups (broad SMARTS) is 1. The fourth-order valence-electron chi connectivity index (χ4n) is 2.90. The van der Waals surface area contributed by atoms with Crippen LogP contribution in [0.5, 0.6) is 0 Å². The minimum Gasteiger partial charge on any atom is -0.481 e. The lowest BCUT2D eigenvalue weighted by Gasteiger charge is -2.12. The number of hydrogen-bond donors (Lipinski definition) is 1. The highest BCUT2D eigenvalue weighted by molar-refractivity contribution is 5.83. The Morgan fingerprint density at radius 1 is 0.643 bits per heavy atom. The molecule has 0 aromatic rings. The van der Waals surface area contributed by atoms with Crippen LogP contribution in [0, 0.1) is 5.92 Å². The maximum Gasteiger partial charge on any atom is 0.307 e. The largest absolute Gasteiger partial charge is 0.481 e. The fourth-order valence-corrected chi connectivity index (χ4v) is 2.90. The molecule has 164 valence electrons. The lowest BCUT2D eigenvalue weighted by molar-refractivity contribution is -0.156. The Kier molecular flexibility index (Phi) is 17.7. The lowest BCUT2D eigenvalue weighted by atomic mass is 10.0. The minimum atomic E-state index is -1.17. The first kappa shape index (κ1) is 26.4. The Morgan fingerprint density at radius 3 is 1.36 bits per heavy atom. The molecule has 0 aromatic carbocycles. The molecule has 0 saturated carbocycles. The summed E-state index contributed by atoms with van der Waals surface area (Å²) in [4.78, 5) is 35.0. The second kappa shape index (κ2) is 18.8. The SMILES string of the molecule is CCCCCCCCOC(=O)CC(CC(=O)OCCCCCCCC)C(=O)O. The number of carboxylic acids is 1. The highest BCUT2D eigenvalue weighted by atomic mass is 16.5. The molecule has 0 fully saturated rings. The Morgan fingerprint density at radius 2 is 1.00 bits per heavy atom. The molecule has 6 heteroatoms. The zero-order valence-electron chi connectivity index (χ0n) is 17.9. The number of rotatable bonds is 19. The Hall–Kier alpha value is -1.59. The molecule has 1 N–H and O–H groups in total. The molecular weight excluding hydrogens is 360 g/mol. The molecule has 0 heterocycles. The molecule has 0 saturated heterocycles. The van der Waals surface area contributed by atoms with Crippen LogP contribution in [-0.4, -0.2) is 36.2 Å². The first-order valence-electron chi connectivity index (χ1n) is 11.0. The second-order valence-electron chi connectivity index (χ2n) is 7.42. The summed E-state index contributed by atoms with van der Waals surface area (Å²) in [5.41, 5.74) is 0. The molecule has 0 aliphatic heterocycles. The third kappa shape index (κ3) is 16.6. The van der Waals surface area contributed by atoms with Gasteiger partial charge in [-0.05, 0) is 12.8 Å². The van der Waals surface area contributed by atoms with Crippen molar-refractivity contribution in [3.63, 3.8) is 0 Å². The smallest absolute Gasteiger partial charge is 0.307 e.